The Balaban J connectivity index is 1.81. The van der Waals surface area contributed by atoms with Crippen LogP contribution in [-0.4, -0.2) is 32.1 Å². The topological polar surface area (TPSA) is 21.3 Å². The van der Waals surface area contributed by atoms with Crippen LogP contribution in [0, 0.1) is 11.8 Å². The number of methoxy groups -OCH3 is 1. The van der Waals surface area contributed by atoms with Crippen LogP contribution >= 0.6 is 11.8 Å². The Morgan fingerprint density at radius 1 is 1.33 bits per heavy atom. The zero-order valence-electron chi connectivity index (χ0n) is 13.6. The van der Waals surface area contributed by atoms with Gasteiger partial charge in [-0.1, -0.05) is 32.0 Å². The Morgan fingerprint density at radius 2 is 2.14 bits per heavy atom. The van der Waals surface area contributed by atoms with E-state index in [9.17, 15) is 0 Å². The molecule has 2 nitrogen and oxygen atoms in total. The highest BCUT2D eigenvalue weighted by atomic mass is 32.2. The molecule has 2 unspecified atom stereocenters. The maximum atomic E-state index is 5.11. The average molecular weight is 308 g/mol. The molecule has 0 aliphatic carbocycles. The maximum Gasteiger partial charge on any atom is 0.0587 e. The van der Waals surface area contributed by atoms with Crippen molar-refractivity contribution in [1.29, 1.82) is 0 Å². The first-order chi connectivity index (χ1) is 10.2. The summed E-state index contributed by atoms with van der Waals surface area (Å²) in [5, 5.41) is 4.31. The predicted molar refractivity (Wildman–Crippen MR) is 92.1 cm³/mol. The molecule has 1 aromatic rings. The first-order valence-electron chi connectivity index (χ1n) is 8.13. The third kappa shape index (κ3) is 5.65. The molecule has 3 heteroatoms. The van der Waals surface area contributed by atoms with Crippen molar-refractivity contribution in [3.63, 3.8) is 0 Å². The molecule has 0 saturated carbocycles. The van der Waals surface area contributed by atoms with E-state index >= 15 is 0 Å². The number of fused-ring (bicyclic) bond motifs is 1. The lowest BCUT2D eigenvalue weighted by atomic mass is 9.91. The Bertz CT molecular complexity index is 396. The first-order valence-corrected chi connectivity index (χ1v) is 9.01. The monoisotopic (exact) mass is 307 g/mol. The molecule has 0 aromatic heterocycles. The molecule has 0 amide bonds. The van der Waals surface area contributed by atoms with Crippen molar-refractivity contribution in [2.75, 3.05) is 26.8 Å². The van der Waals surface area contributed by atoms with Gasteiger partial charge in [0.05, 0.1) is 6.61 Å². The number of nitrogens with one attached hydrogen (secondary N) is 1. The van der Waals surface area contributed by atoms with Gasteiger partial charge in [0.2, 0.25) is 0 Å². The van der Waals surface area contributed by atoms with Crippen LogP contribution < -0.4 is 5.32 Å². The summed E-state index contributed by atoms with van der Waals surface area (Å²) >= 11 is 2.08. The summed E-state index contributed by atoms with van der Waals surface area (Å²) in [6.45, 7) is 7.55. The van der Waals surface area contributed by atoms with E-state index in [4.69, 9.17) is 4.74 Å². The van der Waals surface area contributed by atoms with Crippen LogP contribution in [0.25, 0.3) is 0 Å². The van der Waals surface area contributed by atoms with Crippen molar-refractivity contribution in [1.82, 2.24) is 5.32 Å². The van der Waals surface area contributed by atoms with Crippen LogP contribution in [0.1, 0.15) is 32.3 Å². The maximum absolute atomic E-state index is 5.11. The number of rotatable bonds is 9. The normalized spacial score (nSPS) is 19.0. The van der Waals surface area contributed by atoms with E-state index in [2.05, 4.69) is 55.2 Å². The van der Waals surface area contributed by atoms with Crippen molar-refractivity contribution < 1.29 is 4.74 Å². The van der Waals surface area contributed by atoms with E-state index < -0.39 is 0 Å². The van der Waals surface area contributed by atoms with Gasteiger partial charge in [0, 0.05) is 23.8 Å². The number of ether oxygens (including phenoxy) is 1. The molecule has 0 spiro atoms. The van der Waals surface area contributed by atoms with Crippen LogP contribution in [0.15, 0.2) is 29.2 Å². The van der Waals surface area contributed by atoms with Gasteiger partial charge in [0.25, 0.3) is 0 Å². The zero-order chi connectivity index (χ0) is 15.1. The van der Waals surface area contributed by atoms with Crippen molar-refractivity contribution in [3.8, 4) is 0 Å². The standard InChI is InChI=1S/C18H29NOS/c1-14(2)10-15(13-19-8-9-20-3)11-17-12-16-6-4-5-7-18(16)21-17/h4-7,14-15,17,19H,8-13H2,1-3H3. The second-order valence-electron chi connectivity index (χ2n) is 6.48. The van der Waals surface area contributed by atoms with Gasteiger partial charge in [-0.15, -0.1) is 11.8 Å². The summed E-state index contributed by atoms with van der Waals surface area (Å²) in [5.74, 6) is 1.54. The Morgan fingerprint density at radius 3 is 2.86 bits per heavy atom. The number of hydrogen-bond donors (Lipinski definition) is 1. The predicted octanol–water partition coefficient (Wildman–Crippen LogP) is 3.99. The van der Waals surface area contributed by atoms with Crippen LogP contribution in [0.3, 0.4) is 0 Å². The number of thioether (sulfide) groups is 1. The summed E-state index contributed by atoms with van der Waals surface area (Å²) < 4.78 is 5.11. The average Bonchev–Trinajstić information content (AvgIpc) is 2.85. The molecular weight excluding hydrogens is 278 g/mol. The summed E-state index contributed by atoms with van der Waals surface area (Å²) in [6, 6.07) is 8.89. The zero-order valence-corrected chi connectivity index (χ0v) is 14.4. The van der Waals surface area contributed by atoms with Crippen molar-refractivity contribution >= 4 is 11.8 Å². The summed E-state index contributed by atoms with van der Waals surface area (Å²) in [4.78, 5) is 1.50. The lowest BCUT2D eigenvalue weighted by molar-refractivity contribution is 0.196. The molecule has 118 valence electrons. The van der Waals surface area contributed by atoms with Gasteiger partial charge in [0.1, 0.15) is 0 Å². The Kier molecular flexibility index (Phi) is 7.08. The number of hydrogen-bond acceptors (Lipinski definition) is 3. The van der Waals surface area contributed by atoms with Crippen molar-refractivity contribution in [2.24, 2.45) is 11.8 Å². The minimum Gasteiger partial charge on any atom is -0.383 e. The summed E-state index contributed by atoms with van der Waals surface area (Å²) in [7, 11) is 1.76. The second-order valence-corrected chi connectivity index (χ2v) is 7.82. The lowest BCUT2D eigenvalue weighted by Gasteiger charge is -2.22. The quantitative estimate of drug-likeness (QED) is 0.697. The van der Waals surface area contributed by atoms with Crippen LogP contribution in [0.4, 0.5) is 0 Å². The van der Waals surface area contributed by atoms with Gasteiger partial charge >= 0.3 is 0 Å². The first kappa shape index (κ1) is 16.9. The molecule has 2 rings (SSSR count). The second kappa shape index (κ2) is 8.82. The van der Waals surface area contributed by atoms with Gasteiger partial charge in [-0.2, -0.15) is 0 Å². The molecule has 1 aliphatic heterocycles. The van der Waals surface area contributed by atoms with E-state index in [1.807, 2.05) is 0 Å². The fraction of sp³-hybridized carbons (Fsp3) is 0.667. The van der Waals surface area contributed by atoms with Gasteiger partial charge in [-0.3, -0.25) is 0 Å². The molecule has 1 heterocycles. The molecule has 2 atom stereocenters. The summed E-state index contributed by atoms with van der Waals surface area (Å²) in [6.07, 6.45) is 3.87. The van der Waals surface area contributed by atoms with Gasteiger partial charge in [-0.25, -0.2) is 0 Å². The van der Waals surface area contributed by atoms with Crippen molar-refractivity contribution in [3.05, 3.63) is 29.8 Å². The SMILES string of the molecule is COCCNCC(CC(C)C)CC1Cc2ccccc2S1. The molecule has 0 radical (unpaired) electrons. The minimum absolute atomic E-state index is 0.760. The van der Waals surface area contributed by atoms with Gasteiger partial charge < -0.3 is 10.1 Å². The lowest BCUT2D eigenvalue weighted by Crippen LogP contribution is -2.28. The highest BCUT2D eigenvalue weighted by Crippen LogP contribution is 2.40. The van der Waals surface area contributed by atoms with Crippen LogP contribution in [-0.2, 0) is 11.2 Å². The highest BCUT2D eigenvalue weighted by molar-refractivity contribution is 8.00. The molecule has 1 aliphatic rings. The molecular formula is C18H29NOS. The van der Waals surface area contributed by atoms with Gasteiger partial charge in [-0.05, 0) is 49.3 Å². The van der Waals surface area contributed by atoms with Gasteiger partial charge in [0.15, 0.2) is 0 Å². The van der Waals surface area contributed by atoms with E-state index in [1.165, 1.54) is 24.2 Å². The molecule has 0 fully saturated rings. The molecule has 1 aromatic carbocycles. The minimum atomic E-state index is 0.760. The Labute approximate surface area is 134 Å². The van der Waals surface area contributed by atoms with E-state index in [0.29, 0.717) is 0 Å². The Hall–Kier alpha value is -0.510. The summed E-state index contributed by atoms with van der Waals surface area (Å²) in [5.41, 5.74) is 1.54. The highest BCUT2D eigenvalue weighted by Gasteiger charge is 2.25. The smallest absolute Gasteiger partial charge is 0.0587 e. The third-order valence-corrected chi connectivity index (χ3v) is 5.38. The number of benzene rings is 1. The fourth-order valence-electron chi connectivity index (χ4n) is 3.17. The molecule has 1 N–H and O–H groups in total. The third-order valence-electron chi connectivity index (χ3n) is 4.03. The van der Waals surface area contributed by atoms with E-state index in [-0.39, 0.29) is 0 Å². The molecule has 0 bridgehead atoms. The van der Waals surface area contributed by atoms with Crippen LogP contribution in [0.2, 0.25) is 0 Å². The van der Waals surface area contributed by atoms with Crippen LogP contribution in [0.5, 0.6) is 0 Å². The largest absolute Gasteiger partial charge is 0.383 e. The molecule has 21 heavy (non-hydrogen) atoms. The van der Waals surface area contributed by atoms with E-state index in [0.717, 1.165) is 36.8 Å². The fourth-order valence-corrected chi connectivity index (χ4v) is 4.62. The van der Waals surface area contributed by atoms with E-state index in [1.54, 1.807) is 12.7 Å². The molecule has 0 saturated heterocycles. The van der Waals surface area contributed by atoms with Crippen molar-refractivity contribution in [2.45, 2.75) is 43.3 Å².